The molecule has 1 heterocycles. The fourth-order valence-corrected chi connectivity index (χ4v) is 3.48. The predicted molar refractivity (Wildman–Crippen MR) is 129 cm³/mol. The molecule has 0 bridgehead atoms. The van der Waals surface area contributed by atoms with Gasteiger partial charge in [-0.15, -0.1) is 24.0 Å². The number of fused-ring (bicyclic) bond motifs is 1. The Balaban J connectivity index is 0.00000320. The molecule has 0 aromatic heterocycles. The van der Waals surface area contributed by atoms with Crippen LogP contribution in [0.2, 0.25) is 0 Å². The van der Waals surface area contributed by atoms with Crippen molar-refractivity contribution in [3.05, 3.63) is 47.5 Å². The maximum absolute atomic E-state index is 5.74. The summed E-state index contributed by atoms with van der Waals surface area (Å²) in [6, 6.07) is 12.0. The van der Waals surface area contributed by atoms with E-state index in [1.54, 1.807) is 28.4 Å². The Morgan fingerprint density at radius 2 is 1.80 bits per heavy atom. The van der Waals surface area contributed by atoms with Gasteiger partial charge in [0.05, 0.1) is 34.0 Å². The Morgan fingerprint density at radius 3 is 2.43 bits per heavy atom. The maximum Gasteiger partial charge on any atom is 0.191 e. The lowest BCUT2D eigenvalue weighted by atomic mass is 10.0. The third-order valence-corrected chi connectivity index (χ3v) is 4.98. The van der Waals surface area contributed by atoms with Crippen molar-refractivity contribution < 1.29 is 18.9 Å². The third kappa shape index (κ3) is 5.62. The molecule has 0 fully saturated rings. The number of hydrogen-bond donors (Lipinski definition) is 2. The van der Waals surface area contributed by atoms with E-state index in [1.165, 1.54) is 0 Å². The zero-order valence-corrected chi connectivity index (χ0v) is 20.2. The van der Waals surface area contributed by atoms with Gasteiger partial charge in [0, 0.05) is 43.3 Å². The van der Waals surface area contributed by atoms with Crippen LogP contribution in [-0.2, 0) is 6.42 Å². The van der Waals surface area contributed by atoms with Crippen LogP contribution in [0.5, 0.6) is 23.0 Å². The average Bonchev–Trinajstić information content (AvgIpc) is 2.78. The molecule has 1 aliphatic rings. The van der Waals surface area contributed by atoms with Crippen molar-refractivity contribution in [3.8, 4) is 23.0 Å². The monoisotopic (exact) mass is 527 g/mol. The van der Waals surface area contributed by atoms with Crippen molar-refractivity contribution in [3.63, 3.8) is 0 Å². The summed E-state index contributed by atoms with van der Waals surface area (Å²) in [4.78, 5) is 4.37. The number of nitrogens with zero attached hydrogens (tertiary/aromatic N) is 1. The first-order valence-corrected chi connectivity index (χ1v) is 9.68. The number of methoxy groups -OCH3 is 3. The van der Waals surface area contributed by atoms with E-state index in [0.29, 0.717) is 25.3 Å². The molecule has 164 valence electrons. The molecule has 0 aliphatic carbocycles. The number of hydrogen-bond acceptors (Lipinski definition) is 5. The lowest BCUT2D eigenvalue weighted by molar-refractivity contribution is 0.261. The second kappa shape index (κ2) is 11.7. The quantitative estimate of drug-likeness (QED) is 0.326. The average molecular weight is 527 g/mol. The van der Waals surface area contributed by atoms with Gasteiger partial charge in [-0.05, 0) is 12.5 Å². The first kappa shape index (κ1) is 23.9. The molecule has 0 radical (unpaired) electrons. The number of benzene rings is 2. The van der Waals surface area contributed by atoms with Crippen LogP contribution < -0.4 is 29.6 Å². The molecule has 1 aliphatic heterocycles. The minimum absolute atomic E-state index is 0. The van der Waals surface area contributed by atoms with Gasteiger partial charge in [-0.25, -0.2) is 0 Å². The summed E-state index contributed by atoms with van der Waals surface area (Å²) >= 11 is 0. The SMILES string of the molecule is CN=C(NCCc1c(OC)cc(OC)cc1OC)NC1CCOc2ccccc21.I. The number of ether oxygens (including phenoxy) is 4. The van der Waals surface area contributed by atoms with Crippen LogP contribution in [0.25, 0.3) is 0 Å². The normalized spacial score (nSPS) is 15.2. The van der Waals surface area contributed by atoms with E-state index >= 15 is 0 Å². The van der Waals surface area contributed by atoms with Gasteiger partial charge < -0.3 is 29.6 Å². The summed E-state index contributed by atoms with van der Waals surface area (Å²) in [6.45, 7) is 1.36. The van der Waals surface area contributed by atoms with Gasteiger partial charge >= 0.3 is 0 Å². The highest BCUT2D eigenvalue weighted by Crippen LogP contribution is 2.34. The summed E-state index contributed by atoms with van der Waals surface area (Å²) in [6.07, 6.45) is 1.60. The molecule has 7 nitrogen and oxygen atoms in total. The van der Waals surface area contributed by atoms with Crippen LogP contribution in [0.4, 0.5) is 0 Å². The fraction of sp³-hybridized carbons (Fsp3) is 0.409. The number of para-hydroxylation sites is 1. The van der Waals surface area contributed by atoms with Gasteiger partial charge in [-0.3, -0.25) is 4.99 Å². The van der Waals surface area contributed by atoms with Gasteiger partial charge in [0.15, 0.2) is 5.96 Å². The topological polar surface area (TPSA) is 73.3 Å². The molecule has 0 spiro atoms. The van der Waals surface area contributed by atoms with Crippen LogP contribution in [-0.4, -0.2) is 47.5 Å². The van der Waals surface area contributed by atoms with Gasteiger partial charge in [0.2, 0.25) is 0 Å². The van der Waals surface area contributed by atoms with Crippen molar-refractivity contribution in [2.45, 2.75) is 18.9 Å². The van der Waals surface area contributed by atoms with E-state index in [9.17, 15) is 0 Å². The molecule has 8 heteroatoms. The van der Waals surface area contributed by atoms with Crippen molar-refractivity contribution >= 4 is 29.9 Å². The summed E-state index contributed by atoms with van der Waals surface area (Å²) in [7, 11) is 6.69. The molecule has 3 rings (SSSR count). The molecule has 2 N–H and O–H groups in total. The van der Waals surface area contributed by atoms with E-state index < -0.39 is 0 Å². The van der Waals surface area contributed by atoms with Crippen molar-refractivity contribution in [1.29, 1.82) is 0 Å². The largest absolute Gasteiger partial charge is 0.496 e. The molecular formula is C22H30IN3O4. The number of nitrogens with one attached hydrogen (secondary N) is 2. The van der Waals surface area contributed by atoms with Crippen molar-refractivity contribution in [2.75, 3.05) is 41.5 Å². The Kier molecular flexibility index (Phi) is 9.35. The standard InChI is InChI=1S/C22H29N3O4.HI/c1-23-22(25-18-10-12-29-19-8-6-5-7-16(18)19)24-11-9-17-20(27-3)13-15(26-2)14-21(17)28-4;/h5-8,13-14,18H,9-12H2,1-4H3,(H2,23,24,25);1H. The Labute approximate surface area is 195 Å². The molecule has 1 atom stereocenters. The van der Waals surface area contributed by atoms with Crippen molar-refractivity contribution in [1.82, 2.24) is 10.6 Å². The van der Waals surface area contributed by atoms with E-state index in [2.05, 4.69) is 21.7 Å². The second-order valence-electron chi connectivity index (χ2n) is 6.63. The third-order valence-electron chi connectivity index (χ3n) is 4.98. The molecule has 0 amide bonds. The van der Waals surface area contributed by atoms with Crippen molar-refractivity contribution in [2.24, 2.45) is 4.99 Å². The summed E-state index contributed by atoms with van der Waals surface area (Å²) in [5.74, 6) is 3.86. The zero-order valence-electron chi connectivity index (χ0n) is 17.9. The minimum atomic E-state index is 0. The number of halogens is 1. The highest BCUT2D eigenvalue weighted by Gasteiger charge is 2.22. The van der Waals surface area contributed by atoms with E-state index in [1.807, 2.05) is 30.3 Å². The maximum atomic E-state index is 5.74. The van der Waals surface area contributed by atoms with Gasteiger partial charge in [-0.2, -0.15) is 0 Å². The zero-order chi connectivity index (χ0) is 20.6. The summed E-state index contributed by atoms with van der Waals surface area (Å²) in [5.41, 5.74) is 2.13. The van der Waals surface area contributed by atoms with Gasteiger partial charge in [0.1, 0.15) is 23.0 Å². The smallest absolute Gasteiger partial charge is 0.191 e. The fourth-order valence-electron chi connectivity index (χ4n) is 3.48. The van der Waals surface area contributed by atoms with Crippen LogP contribution in [0.3, 0.4) is 0 Å². The van der Waals surface area contributed by atoms with E-state index in [4.69, 9.17) is 18.9 Å². The van der Waals surface area contributed by atoms with E-state index in [-0.39, 0.29) is 30.0 Å². The number of aliphatic imine (C=N–C) groups is 1. The number of rotatable bonds is 7. The van der Waals surface area contributed by atoms with Crippen LogP contribution in [0, 0.1) is 0 Å². The molecule has 1 unspecified atom stereocenters. The minimum Gasteiger partial charge on any atom is -0.496 e. The molecule has 2 aromatic carbocycles. The van der Waals surface area contributed by atoms with Crippen LogP contribution in [0.1, 0.15) is 23.6 Å². The van der Waals surface area contributed by atoms with Crippen LogP contribution >= 0.6 is 24.0 Å². The van der Waals surface area contributed by atoms with Crippen LogP contribution in [0.15, 0.2) is 41.4 Å². The lowest BCUT2D eigenvalue weighted by Gasteiger charge is -2.28. The Morgan fingerprint density at radius 1 is 1.10 bits per heavy atom. The molecular weight excluding hydrogens is 497 g/mol. The summed E-state index contributed by atoms with van der Waals surface area (Å²) < 4.78 is 22.1. The molecule has 30 heavy (non-hydrogen) atoms. The molecule has 0 saturated carbocycles. The lowest BCUT2D eigenvalue weighted by Crippen LogP contribution is -2.41. The van der Waals surface area contributed by atoms with Gasteiger partial charge in [-0.1, -0.05) is 18.2 Å². The first-order chi connectivity index (χ1) is 14.2. The summed E-state index contributed by atoms with van der Waals surface area (Å²) in [5, 5.41) is 6.88. The first-order valence-electron chi connectivity index (χ1n) is 9.68. The Bertz CT molecular complexity index is 835. The van der Waals surface area contributed by atoms with E-state index in [0.717, 1.165) is 40.8 Å². The molecule has 0 saturated heterocycles. The second-order valence-corrected chi connectivity index (χ2v) is 6.63. The van der Waals surface area contributed by atoms with Gasteiger partial charge in [0.25, 0.3) is 0 Å². The highest BCUT2D eigenvalue weighted by molar-refractivity contribution is 14.0. The molecule has 2 aromatic rings. The Hall–Kier alpha value is -2.36. The number of guanidine groups is 1. The highest BCUT2D eigenvalue weighted by atomic mass is 127. The predicted octanol–water partition coefficient (Wildman–Crippen LogP) is 3.56.